The summed E-state index contributed by atoms with van der Waals surface area (Å²) in [5, 5.41) is 17.4. The van der Waals surface area contributed by atoms with E-state index in [1.807, 2.05) is 0 Å². The maximum absolute atomic E-state index is 13.5. The maximum atomic E-state index is 13.5. The van der Waals surface area contributed by atoms with Crippen molar-refractivity contribution in [2.75, 3.05) is 25.0 Å². The number of halogens is 1. The molecule has 1 aromatic rings. The van der Waals surface area contributed by atoms with E-state index < -0.39 is 17.4 Å². The zero-order valence-electron chi connectivity index (χ0n) is 16.1. The lowest BCUT2D eigenvalue weighted by molar-refractivity contribution is -0.132. The highest BCUT2D eigenvalue weighted by molar-refractivity contribution is 6.07. The lowest BCUT2D eigenvalue weighted by atomic mass is 9.82. The van der Waals surface area contributed by atoms with Crippen LogP contribution in [0.3, 0.4) is 0 Å². The number of anilines is 1. The van der Waals surface area contributed by atoms with Crippen molar-refractivity contribution in [1.82, 2.24) is 15.5 Å². The van der Waals surface area contributed by atoms with E-state index in [1.165, 1.54) is 12.1 Å². The van der Waals surface area contributed by atoms with Crippen molar-refractivity contribution >= 4 is 23.5 Å². The van der Waals surface area contributed by atoms with Crippen LogP contribution in [0.15, 0.2) is 18.2 Å². The van der Waals surface area contributed by atoms with Gasteiger partial charge in [-0.2, -0.15) is 5.26 Å². The summed E-state index contributed by atoms with van der Waals surface area (Å²) in [5.41, 5.74) is -0.494. The number of carbonyl (C=O) groups excluding carboxylic acids is 3. The van der Waals surface area contributed by atoms with Gasteiger partial charge >= 0.3 is 6.03 Å². The Morgan fingerprint density at radius 3 is 2.72 bits per heavy atom. The third kappa shape index (κ3) is 4.47. The van der Waals surface area contributed by atoms with Crippen LogP contribution in [0, 0.1) is 17.1 Å². The standard InChI is InChI=1S/C20H24FN5O3/c21-15-5-4-6-16(14(15)13-22)23-10-11-24-17(27)7-12-26-18(28)20(25-19(26)29)8-2-1-3-9-20/h4-6,23H,1-3,7-12H2,(H,24,27)(H,25,29). The van der Waals surface area contributed by atoms with E-state index in [-0.39, 0.29) is 36.9 Å². The van der Waals surface area contributed by atoms with Gasteiger partial charge in [-0.1, -0.05) is 25.3 Å². The summed E-state index contributed by atoms with van der Waals surface area (Å²) in [6, 6.07) is 5.66. The number of imide groups is 1. The van der Waals surface area contributed by atoms with E-state index in [4.69, 9.17) is 5.26 Å². The molecule has 9 heteroatoms. The van der Waals surface area contributed by atoms with Crippen LogP contribution in [0.2, 0.25) is 0 Å². The predicted octanol–water partition coefficient (Wildman–Crippen LogP) is 1.87. The zero-order valence-corrected chi connectivity index (χ0v) is 16.1. The minimum absolute atomic E-state index is 0.0126. The van der Waals surface area contributed by atoms with E-state index in [1.54, 1.807) is 12.1 Å². The molecule has 0 bridgehead atoms. The minimum Gasteiger partial charge on any atom is -0.382 e. The summed E-state index contributed by atoms with van der Waals surface area (Å²) < 4.78 is 13.5. The molecule has 1 spiro atoms. The number of nitrogens with one attached hydrogen (secondary N) is 3. The third-order valence-corrected chi connectivity index (χ3v) is 5.40. The number of benzene rings is 1. The molecule has 2 fully saturated rings. The highest BCUT2D eigenvalue weighted by Gasteiger charge is 2.50. The SMILES string of the molecule is N#Cc1c(F)cccc1NCCNC(=O)CCN1C(=O)NC2(CCCCC2)C1=O. The Morgan fingerprint density at radius 2 is 2.00 bits per heavy atom. The zero-order chi connectivity index (χ0) is 20.9. The average Bonchev–Trinajstić information content (AvgIpc) is 2.93. The molecule has 1 heterocycles. The Hall–Kier alpha value is -3.15. The monoisotopic (exact) mass is 401 g/mol. The van der Waals surface area contributed by atoms with Gasteiger partial charge < -0.3 is 16.0 Å². The Bertz CT molecular complexity index is 845. The molecule has 0 unspecified atom stereocenters. The number of nitrogens with zero attached hydrogens (tertiary/aromatic N) is 2. The highest BCUT2D eigenvalue weighted by Crippen LogP contribution is 2.33. The number of hydrogen-bond donors (Lipinski definition) is 3. The van der Waals surface area contributed by atoms with E-state index in [0.29, 0.717) is 25.1 Å². The van der Waals surface area contributed by atoms with Crippen molar-refractivity contribution < 1.29 is 18.8 Å². The number of hydrogen-bond acceptors (Lipinski definition) is 5. The van der Waals surface area contributed by atoms with E-state index in [0.717, 1.165) is 24.2 Å². The van der Waals surface area contributed by atoms with Gasteiger partial charge in [0.25, 0.3) is 5.91 Å². The molecule has 1 saturated heterocycles. The van der Waals surface area contributed by atoms with E-state index >= 15 is 0 Å². The van der Waals surface area contributed by atoms with Crippen molar-refractivity contribution in [1.29, 1.82) is 5.26 Å². The first-order chi connectivity index (χ1) is 14.0. The summed E-state index contributed by atoms with van der Waals surface area (Å²) >= 11 is 0. The van der Waals surface area contributed by atoms with Crippen LogP contribution in [0.5, 0.6) is 0 Å². The van der Waals surface area contributed by atoms with Crippen LogP contribution in [-0.4, -0.2) is 47.9 Å². The Morgan fingerprint density at radius 1 is 1.24 bits per heavy atom. The summed E-state index contributed by atoms with van der Waals surface area (Å²) in [7, 11) is 0. The molecular formula is C20H24FN5O3. The summed E-state index contributed by atoms with van der Waals surface area (Å²) in [5.74, 6) is -1.13. The second-order valence-electron chi connectivity index (χ2n) is 7.33. The second kappa shape index (κ2) is 8.90. The van der Waals surface area contributed by atoms with Crippen LogP contribution in [0.25, 0.3) is 0 Å². The molecule has 0 aromatic heterocycles. The fourth-order valence-electron chi connectivity index (χ4n) is 3.86. The summed E-state index contributed by atoms with van der Waals surface area (Å²) in [6.07, 6.45) is 4.19. The number of carbonyl (C=O) groups is 3. The van der Waals surface area contributed by atoms with Crippen molar-refractivity contribution in [2.45, 2.75) is 44.1 Å². The van der Waals surface area contributed by atoms with Crippen molar-refractivity contribution in [3.8, 4) is 6.07 Å². The molecule has 1 saturated carbocycles. The smallest absolute Gasteiger partial charge is 0.325 e. The van der Waals surface area contributed by atoms with Crippen LogP contribution in [0.1, 0.15) is 44.1 Å². The van der Waals surface area contributed by atoms with E-state index in [2.05, 4.69) is 16.0 Å². The number of amides is 4. The number of rotatable bonds is 7. The average molecular weight is 401 g/mol. The Balaban J connectivity index is 1.42. The molecule has 1 aromatic carbocycles. The molecule has 154 valence electrons. The largest absolute Gasteiger partial charge is 0.382 e. The molecule has 1 aliphatic carbocycles. The third-order valence-electron chi connectivity index (χ3n) is 5.40. The van der Waals surface area contributed by atoms with Gasteiger partial charge in [-0.25, -0.2) is 9.18 Å². The van der Waals surface area contributed by atoms with Crippen LogP contribution in [-0.2, 0) is 9.59 Å². The second-order valence-corrected chi connectivity index (χ2v) is 7.33. The van der Waals surface area contributed by atoms with Gasteiger partial charge in [0.05, 0.1) is 5.69 Å². The molecule has 4 amide bonds. The van der Waals surface area contributed by atoms with Crippen LogP contribution < -0.4 is 16.0 Å². The Labute approximate surface area is 168 Å². The molecule has 3 N–H and O–H groups in total. The fraction of sp³-hybridized carbons (Fsp3) is 0.500. The summed E-state index contributed by atoms with van der Waals surface area (Å²) in [4.78, 5) is 38.0. The van der Waals surface area contributed by atoms with Crippen molar-refractivity contribution in [3.05, 3.63) is 29.6 Å². The first-order valence-corrected chi connectivity index (χ1v) is 9.80. The van der Waals surface area contributed by atoms with E-state index in [9.17, 15) is 18.8 Å². The molecular weight excluding hydrogens is 377 g/mol. The first kappa shape index (κ1) is 20.6. The fourth-order valence-corrected chi connectivity index (χ4v) is 3.86. The molecule has 29 heavy (non-hydrogen) atoms. The van der Waals surface area contributed by atoms with Crippen LogP contribution in [0.4, 0.5) is 14.9 Å². The van der Waals surface area contributed by atoms with Gasteiger partial charge in [0.15, 0.2) is 0 Å². The molecule has 3 rings (SSSR count). The number of urea groups is 1. The lowest BCUT2D eigenvalue weighted by Crippen LogP contribution is -2.48. The Kier molecular flexibility index (Phi) is 6.32. The molecule has 2 aliphatic rings. The quantitative estimate of drug-likeness (QED) is 0.477. The van der Waals surface area contributed by atoms with Gasteiger partial charge in [-0.05, 0) is 25.0 Å². The highest BCUT2D eigenvalue weighted by atomic mass is 19.1. The predicted molar refractivity (Wildman–Crippen MR) is 103 cm³/mol. The van der Waals surface area contributed by atoms with Gasteiger partial charge in [0.2, 0.25) is 5.91 Å². The first-order valence-electron chi connectivity index (χ1n) is 9.80. The van der Waals surface area contributed by atoms with Gasteiger partial charge in [-0.15, -0.1) is 0 Å². The van der Waals surface area contributed by atoms with Crippen molar-refractivity contribution in [2.24, 2.45) is 0 Å². The van der Waals surface area contributed by atoms with Crippen molar-refractivity contribution in [3.63, 3.8) is 0 Å². The molecule has 0 radical (unpaired) electrons. The lowest BCUT2D eigenvalue weighted by Gasteiger charge is -2.30. The van der Waals surface area contributed by atoms with Gasteiger partial charge in [-0.3, -0.25) is 14.5 Å². The topological polar surface area (TPSA) is 114 Å². The maximum Gasteiger partial charge on any atom is 0.325 e. The molecule has 1 aliphatic heterocycles. The van der Waals surface area contributed by atoms with Gasteiger partial charge in [0, 0.05) is 26.1 Å². The molecule has 0 atom stereocenters. The normalized spacial score (nSPS) is 17.7. The minimum atomic E-state index is -0.779. The van der Waals surface area contributed by atoms with Crippen LogP contribution >= 0.6 is 0 Å². The van der Waals surface area contributed by atoms with Gasteiger partial charge in [0.1, 0.15) is 23.0 Å². The molecule has 8 nitrogen and oxygen atoms in total. The summed E-state index contributed by atoms with van der Waals surface area (Å²) in [6.45, 7) is 0.592. The number of nitriles is 1.